The minimum atomic E-state index is 0.156. The van der Waals surface area contributed by atoms with Crippen molar-refractivity contribution >= 4 is 5.91 Å². The fourth-order valence-electron chi connectivity index (χ4n) is 3.15. The molecule has 1 atom stereocenters. The molecule has 1 N–H and O–H groups in total. The van der Waals surface area contributed by atoms with Crippen LogP contribution < -0.4 is 5.32 Å². The molecule has 94 valence electrons. The Bertz CT molecular complexity index is 332. The summed E-state index contributed by atoms with van der Waals surface area (Å²) in [4.78, 5) is 14.4. The smallest absolute Gasteiger partial charge is 0.237 e. The number of nitrogens with one attached hydrogen (secondary N) is 1. The number of piperidine rings is 1. The molecule has 3 heteroatoms. The Morgan fingerprint density at radius 2 is 1.71 bits per heavy atom. The second-order valence-electron chi connectivity index (χ2n) is 5.55. The Balaban J connectivity index is 1.61. The van der Waals surface area contributed by atoms with Crippen molar-refractivity contribution in [2.24, 2.45) is 0 Å². The van der Waals surface area contributed by atoms with Crippen LogP contribution in [0.15, 0.2) is 11.1 Å². The second-order valence-corrected chi connectivity index (χ2v) is 5.55. The van der Waals surface area contributed by atoms with E-state index in [1.54, 1.807) is 11.1 Å². The van der Waals surface area contributed by atoms with Crippen LogP contribution in [0.5, 0.6) is 0 Å². The van der Waals surface area contributed by atoms with Crippen molar-refractivity contribution in [3.63, 3.8) is 0 Å². The lowest BCUT2D eigenvalue weighted by Gasteiger charge is -2.34. The molecule has 1 unspecified atom stereocenters. The molecular formula is C14H22N2O. The SMILES string of the molecule is O=C1NCCCCC1N1CCC(=C2CC2)CC1. The van der Waals surface area contributed by atoms with Gasteiger partial charge in [-0.1, -0.05) is 11.1 Å². The van der Waals surface area contributed by atoms with Gasteiger partial charge in [0.1, 0.15) is 0 Å². The Hall–Kier alpha value is -0.830. The van der Waals surface area contributed by atoms with Crippen molar-refractivity contribution in [3.05, 3.63) is 11.1 Å². The molecule has 0 aromatic rings. The number of rotatable bonds is 1. The third-order valence-electron chi connectivity index (χ3n) is 4.35. The normalized spacial score (nSPS) is 31.1. The largest absolute Gasteiger partial charge is 0.355 e. The third kappa shape index (κ3) is 2.54. The van der Waals surface area contributed by atoms with Crippen molar-refractivity contribution in [3.8, 4) is 0 Å². The molecule has 2 aliphatic heterocycles. The van der Waals surface area contributed by atoms with Crippen molar-refractivity contribution < 1.29 is 4.79 Å². The highest BCUT2D eigenvalue weighted by Crippen LogP contribution is 2.36. The van der Waals surface area contributed by atoms with Crippen molar-refractivity contribution in [2.45, 2.75) is 51.0 Å². The Labute approximate surface area is 103 Å². The first-order valence-corrected chi connectivity index (χ1v) is 7.06. The van der Waals surface area contributed by atoms with Gasteiger partial charge in [-0.2, -0.15) is 0 Å². The summed E-state index contributed by atoms with van der Waals surface area (Å²) >= 11 is 0. The maximum atomic E-state index is 12.0. The van der Waals surface area contributed by atoms with Crippen LogP contribution in [0, 0.1) is 0 Å². The number of hydrogen-bond acceptors (Lipinski definition) is 2. The predicted octanol–water partition coefficient (Wildman–Crippen LogP) is 1.84. The van der Waals surface area contributed by atoms with Crippen LogP contribution >= 0.6 is 0 Å². The summed E-state index contributed by atoms with van der Waals surface area (Å²) in [6.07, 6.45) is 8.49. The summed E-state index contributed by atoms with van der Waals surface area (Å²) in [5.41, 5.74) is 3.42. The Kier molecular flexibility index (Phi) is 3.19. The zero-order valence-electron chi connectivity index (χ0n) is 10.5. The van der Waals surface area contributed by atoms with Gasteiger partial charge in [0.25, 0.3) is 0 Å². The van der Waals surface area contributed by atoms with E-state index in [1.165, 1.54) is 32.1 Å². The minimum absolute atomic E-state index is 0.156. The number of carbonyl (C=O) groups excluding carboxylic acids is 1. The summed E-state index contributed by atoms with van der Waals surface area (Å²) in [5, 5.41) is 3.05. The summed E-state index contributed by atoms with van der Waals surface area (Å²) < 4.78 is 0. The van der Waals surface area contributed by atoms with E-state index in [0.717, 1.165) is 32.5 Å². The summed E-state index contributed by atoms with van der Waals surface area (Å²) in [5.74, 6) is 0.269. The zero-order chi connectivity index (χ0) is 11.7. The van der Waals surface area contributed by atoms with Crippen molar-refractivity contribution in [2.75, 3.05) is 19.6 Å². The molecule has 0 bridgehead atoms. The molecule has 1 aliphatic carbocycles. The van der Waals surface area contributed by atoms with Gasteiger partial charge >= 0.3 is 0 Å². The molecule has 0 spiro atoms. The van der Waals surface area contributed by atoms with E-state index in [1.807, 2.05) is 0 Å². The van der Waals surface area contributed by atoms with E-state index >= 15 is 0 Å². The number of hydrogen-bond donors (Lipinski definition) is 1. The maximum absolute atomic E-state index is 12.0. The first kappa shape index (κ1) is 11.3. The molecule has 1 saturated carbocycles. The summed E-state index contributed by atoms with van der Waals surface area (Å²) in [6.45, 7) is 3.06. The second kappa shape index (κ2) is 4.81. The standard InChI is InChI=1S/C14H22N2O/c17-14-13(3-1-2-8-15-14)16-9-6-12(7-10-16)11-4-5-11/h13H,1-10H2,(H,15,17). The minimum Gasteiger partial charge on any atom is -0.355 e. The number of likely N-dealkylation sites (tertiary alicyclic amines) is 1. The molecule has 2 saturated heterocycles. The van der Waals surface area contributed by atoms with E-state index in [0.29, 0.717) is 0 Å². The zero-order valence-corrected chi connectivity index (χ0v) is 10.5. The number of carbonyl (C=O) groups is 1. The first-order chi connectivity index (χ1) is 8.34. The summed E-state index contributed by atoms with van der Waals surface area (Å²) in [6, 6.07) is 0.156. The van der Waals surface area contributed by atoms with E-state index in [2.05, 4.69) is 10.2 Å². The molecule has 0 radical (unpaired) electrons. The van der Waals surface area contributed by atoms with E-state index in [-0.39, 0.29) is 11.9 Å². The lowest BCUT2D eigenvalue weighted by molar-refractivity contribution is -0.126. The molecule has 1 amide bonds. The van der Waals surface area contributed by atoms with Crippen LogP contribution in [0.25, 0.3) is 0 Å². The van der Waals surface area contributed by atoms with Gasteiger partial charge in [-0.05, 0) is 44.9 Å². The van der Waals surface area contributed by atoms with Crippen LogP contribution in [-0.4, -0.2) is 36.5 Å². The van der Waals surface area contributed by atoms with Crippen LogP contribution in [-0.2, 0) is 4.79 Å². The van der Waals surface area contributed by atoms with Crippen LogP contribution in [0.3, 0.4) is 0 Å². The molecule has 2 heterocycles. The van der Waals surface area contributed by atoms with Crippen LogP contribution in [0.4, 0.5) is 0 Å². The van der Waals surface area contributed by atoms with E-state index in [4.69, 9.17) is 0 Å². The molecule has 3 rings (SSSR count). The number of amides is 1. The Morgan fingerprint density at radius 3 is 2.41 bits per heavy atom. The highest BCUT2D eigenvalue weighted by molar-refractivity contribution is 5.81. The fraction of sp³-hybridized carbons (Fsp3) is 0.786. The van der Waals surface area contributed by atoms with Crippen LogP contribution in [0.2, 0.25) is 0 Å². The molecule has 17 heavy (non-hydrogen) atoms. The molecular weight excluding hydrogens is 212 g/mol. The quantitative estimate of drug-likeness (QED) is 0.702. The van der Waals surface area contributed by atoms with E-state index in [9.17, 15) is 4.79 Å². The van der Waals surface area contributed by atoms with Crippen molar-refractivity contribution in [1.29, 1.82) is 0 Å². The van der Waals surface area contributed by atoms with Gasteiger partial charge < -0.3 is 5.32 Å². The van der Waals surface area contributed by atoms with Gasteiger partial charge in [-0.3, -0.25) is 9.69 Å². The lowest BCUT2D eigenvalue weighted by Crippen LogP contribution is -2.48. The van der Waals surface area contributed by atoms with Gasteiger partial charge in [-0.25, -0.2) is 0 Å². The highest BCUT2D eigenvalue weighted by Gasteiger charge is 2.30. The number of nitrogens with zero attached hydrogens (tertiary/aromatic N) is 1. The lowest BCUT2D eigenvalue weighted by atomic mass is 9.99. The van der Waals surface area contributed by atoms with Crippen LogP contribution in [0.1, 0.15) is 44.9 Å². The van der Waals surface area contributed by atoms with Crippen molar-refractivity contribution in [1.82, 2.24) is 10.2 Å². The van der Waals surface area contributed by atoms with Gasteiger partial charge in [0.2, 0.25) is 5.91 Å². The average Bonchev–Trinajstić information content (AvgIpc) is 3.17. The molecule has 3 nitrogen and oxygen atoms in total. The van der Waals surface area contributed by atoms with Gasteiger partial charge in [-0.15, -0.1) is 0 Å². The van der Waals surface area contributed by atoms with E-state index < -0.39 is 0 Å². The van der Waals surface area contributed by atoms with Gasteiger partial charge in [0, 0.05) is 19.6 Å². The Morgan fingerprint density at radius 1 is 1.00 bits per heavy atom. The maximum Gasteiger partial charge on any atom is 0.237 e. The monoisotopic (exact) mass is 234 g/mol. The topological polar surface area (TPSA) is 32.3 Å². The third-order valence-corrected chi connectivity index (χ3v) is 4.35. The predicted molar refractivity (Wildman–Crippen MR) is 67.7 cm³/mol. The number of allylic oxidation sites excluding steroid dienone is 1. The molecule has 0 aromatic heterocycles. The molecule has 0 aromatic carbocycles. The first-order valence-electron chi connectivity index (χ1n) is 7.06. The fourth-order valence-corrected chi connectivity index (χ4v) is 3.15. The highest BCUT2D eigenvalue weighted by atomic mass is 16.2. The van der Waals surface area contributed by atoms with Gasteiger partial charge in [0.05, 0.1) is 6.04 Å². The summed E-state index contributed by atoms with van der Waals surface area (Å²) in [7, 11) is 0. The molecule has 3 fully saturated rings. The molecule has 3 aliphatic rings. The average molecular weight is 234 g/mol. The van der Waals surface area contributed by atoms with Gasteiger partial charge in [0.15, 0.2) is 0 Å².